The van der Waals surface area contributed by atoms with E-state index >= 15 is 0 Å². The van der Waals surface area contributed by atoms with Crippen molar-refractivity contribution in [2.75, 3.05) is 7.05 Å². The fourth-order valence-electron chi connectivity index (χ4n) is 3.12. The summed E-state index contributed by atoms with van der Waals surface area (Å²) in [5, 5.41) is 8.24. The molecule has 0 radical (unpaired) electrons. The number of benzene rings is 2. The van der Waals surface area contributed by atoms with Crippen LogP contribution in [0.25, 0.3) is 11.5 Å². The van der Waals surface area contributed by atoms with Crippen LogP contribution < -0.4 is 0 Å². The fourth-order valence-corrected chi connectivity index (χ4v) is 3.12. The van der Waals surface area contributed by atoms with Crippen molar-refractivity contribution in [1.29, 1.82) is 0 Å². The minimum atomic E-state index is 0.0789. The summed E-state index contributed by atoms with van der Waals surface area (Å²) in [6.45, 7) is 6.86. The molecule has 0 saturated heterocycles. The van der Waals surface area contributed by atoms with Crippen LogP contribution in [-0.2, 0) is 23.2 Å². The smallest absolute Gasteiger partial charge is 0.247 e. The van der Waals surface area contributed by atoms with Crippen LogP contribution in [0.1, 0.15) is 50.6 Å². The van der Waals surface area contributed by atoms with Crippen molar-refractivity contribution in [3.05, 3.63) is 71.6 Å². The molecule has 1 heterocycles. The molecular weight excluding hydrogens is 362 g/mol. The highest BCUT2D eigenvalue weighted by Gasteiger charge is 2.16. The Morgan fingerprint density at radius 3 is 2.34 bits per heavy atom. The molecule has 0 aliphatic heterocycles. The zero-order chi connectivity index (χ0) is 20.9. The van der Waals surface area contributed by atoms with Crippen LogP contribution in [-0.4, -0.2) is 28.1 Å². The molecule has 29 heavy (non-hydrogen) atoms. The van der Waals surface area contributed by atoms with Gasteiger partial charge in [-0.3, -0.25) is 4.79 Å². The molecule has 2 aromatic carbocycles. The Bertz CT molecular complexity index is 925. The molecule has 5 nitrogen and oxygen atoms in total. The summed E-state index contributed by atoms with van der Waals surface area (Å²) in [6.07, 6.45) is 2.22. The van der Waals surface area contributed by atoms with Crippen LogP contribution in [0, 0.1) is 0 Å². The lowest BCUT2D eigenvalue weighted by Crippen LogP contribution is -2.26. The Kier molecular flexibility index (Phi) is 6.47. The average Bonchev–Trinajstić information content (AvgIpc) is 3.16. The second-order valence-electron chi connectivity index (χ2n) is 8.42. The van der Waals surface area contributed by atoms with Crippen LogP contribution in [0.5, 0.6) is 0 Å². The zero-order valence-corrected chi connectivity index (χ0v) is 17.7. The number of hydrogen-bond acceptors (Lipinski definition) is 4. The molecule has 0 bridgehead atoms. The maximum absolute atomic E-state index is 12.4. The Hall–Kier alpha value is -2.95. The molecule has 0 unspecified atom stereocenters. The molecule has 0 spiro atoms. The monoisotopic (exact) mass is 391 g/mol. The summed E-state index contributed by atoms with van der Waals surface area (Å²) >= 11 is 0. The van der Waals surface area contributed by atoms with Crippen molar-refractivity contribution in [3.8, 4) is 11.5 Å². The first-order valence-corrected chi connectivity index (χ1v) is 10.0. The molecule has 0 aliphatic carbocycles. The molecule has 1 amide bonds. The Labute approximate surface area is 172 Å². The third kappa shape index (κ3) is 5.76. The summed E-state index contributed by atoms with van der Waals surface area (Å²) in [6, 6.07) is 18.4. The van der Waals surface area contributed by atoms with E-state index in [4.69, 9.17) is 4.42 Å². The molecule has 0 aliphatic rings. The number of amides is 1. The Morgan fingerprint density at radius 2 is 1.69 bits per heavy atom. The molecule has 3 rings (SSSR count). The number of rotatable bonds is 7. The van der Waals surface area contributed by atoms with Crippen molar-refractivity contribution < 1.29 is 9.21 Å². The van der Waals surface area contributed by atoms with E-state index in [0.717, 1.165) is 18.4 Å². The average molecular weight is 392 g/mol. The predicted octanol–water partition coefficient (Wildman–Crippen LogP) is 5.02. The number of aromatic nitrogens is 2. The maximum atomic E-state index is 12.4. The van der Waals surface area contributed by atoms with Gasteiger partial charge >= 0.3 is 0 Å². The molecule has 0 atom stereocenters. The van der Waals surface area contributed by atoms with Crippen molar-refractivity contribution in [1.82, 2.24) is 15.1 Å². The van der Waals surface area contributed by atoms with Gasteiger partial charge in [0.05, 0.1) is 6.54 Å². The molecule has 0 N–H and O–H groups in total. The first kappa shape index (κ1) is 20.8. The maximum Gasteiger partial charge on any atom is 0.247 e. The van der Waals surface area contributed by atoms with Crippen LogP contribution in [0.15, 0.2) is 59.0 Å². The van der Waals surface area contributed by atoms with Crippen LogP contribution in [0.2, 0.25) is 0 Å². The highest BCUT2D eigenvalue weighted by Crippen LogP contribution is 2.25. The second-order valence-corrected chi connectivity index (χ2v) is 8.42. The molecule has 3 aromatic rings. The van der Waals surface area contributed by atoms with Gasteiger partial charge in [-0.15, -0.1) is 10.2 Å². The molecular formula is C24H29N3O2. The summed E-state index contributed by atoms with van der Waals surface area (Å²) in [7, 11) is 1.77. The van der Waals surface area contributed by atoms with E-state index in [9.17, 15) is 4.79 Å². The van der Waals surface area contributed by atoms with Crippen LogP contribution >= 0.6 is 0 Å². The van der Waals surface area contributed by atoms with E-state index < -0.39 is 0 Å². The SMILES string of the molecule is CN(Cc1nnc(-c2ccc(C(C)(C)C)cc2)o1)C(=O)CCCc1ccccc1. The van der Waals surface area contributed by atoms with E-state index in [1.807, 2.05) is 30.3 Å². The van der Waals surface area contributed by atoms with Crippen LogP contribution in [0.4, 0.5) is 0 Å². The van der Waals surface area contributed by atoms with Crippen molar-refractivity contribution in [2.45, 2.75) is 52.0 Å². The van der Waals surface area contributed by atoms with Gasteiger partial charge in [-0.05, 0) is 41.5 Å². The van der Waals surface area contributed by atoms with E-state index in [2.05, 4.69) is 55.2 Å². The third-order valence-corrected chi connectivity index (χ3v) is 4.96. The normalized spacial score (nSPS) is 11.4. The number of aryl methyl sites for hydroxylation is 1. The highest BCUT2D eigenvalue weighted by atomic mass is 16.4. The van der Waals surface area contributed by atoms with Crippen molar-refractivity contribution in [2.24, 2.45) is 0 Å². The lowest BCUT2D eigenvalue weighted by Gasteiger charge is -2.18. The standard InChI is InChI=1S/C24H29N3O2/c1-24(2,3)20-15-13-19(14-16-20)23-26-25-21(29-23)17-27(4)22(28)12-8-11-18-9-6-5-7-10-18/h5-7,9-10,13-16H,8,11-12,17H2,1-4H3. The van der Waals surface area contributed by atoms with E-state index in [-0.39, 0.29) is 11.3 Å². The Balaban J connectivity index is 1.53. The van der Waals surface area contributed by atoms with Crippen molar-refractivity contribution >= 4 is 5.91 Å². The van der Waals surface area contributed by atoms with Gasteiger partial charge in [0.15, 0.2) is 0 Å². The lowest BCUT2D eigenvalue weighted by molar-refractivity contribution is -0.130. The van der Waals surface area contributed by atoms with Crippen LogP contribution in [0.3, 0.4) is 0 Å². The van der Waals surface area contributed by atoms with E-state index in [1.54, 1.807) is 11.9 Å². The quantitative estimate of drug-likeness (QED) is 0.568. The zero-order valence-electron chi connectivity index (χ0n) is 17.7. The number of carbonyl (C=O) groups is 1. The van der Waals surface area contributed by atoms with Gasteiger partial charge in [0.2, 0.25) is 17.7 Å². The van der Waals surface area contributed by atoms with Gasteiger partial charge in [-0.2, -0.15) is 0 Å². The van der Waals surface area contributed by atoms with Gasteiger partial charge < -0.3 is 9.32 Å². The molecule has 1 aromatic heterocycles. The summed E-state index contributed by atoms with van der Waals surface area (Å²) in [5.74, 6) is 0.999. The second kappa shape index (κ2) is 9.03. The molecule has 0 saturated carbocycles. The lowest BCUT2D eigenvalue weighted by atomic mass is 9.87. The molecule has 0 fully saturated rings. The number of carbonyl (C=O) groups excluding carboxylic acids is 1. The van der Waals surface area contributed by atoms with Crippen molar-refractivity contribution in [3.63, 3.8) is 0 Å². The number of nitrogens with zero attached hydrogens (tertiary/aromatic N) is 3. The van der Waals surface area contributed by atoms with Gasteiger partial charge in [-0.1, -0.05) is 63.2 Å². The fraction of sp³-hybridized carbons (Fsp3) is 0.375. The number of hydrogen-bond donors (Lipinski definition) is 0. The van der Waals surface area contributed by atoms with E-state index in [1.165, 1.54) is 11.1 Å². The predicted molar refractivity (Wildman–Crippen MR) is 114 cm³/mol. The van der Waals surface area contributed by atoms with Gasteiger partial charge in [0.25, 0.3) is 0 Å². The van der Waals surface area contributed by atoms with Gasteiger partial charge in [-0.25, -0.2) is 0 Å². The summed E-state index contributed by atoms with van der Waals surface area (Å²) in [4.78, 5) is 14.0. The summed E-state index contributed by atoms with van der Waals surface area (Å²) < 4.78 is 5.77. The molecule has 152 valence electrons. The first-order chi connectivity index (χ1) is 13.8. The Morgan fingerprint density at radius 1 is 1.00 bits per heavy atom. The minimum Gasteiger partial charge on any atom is -0.419 e. The first-order valence-electron chi connectivity index (χ1n) is 10.0. The third-order valence-electron chi connectivity index (χ3n) is 4.96. The van der Waals surface area contributed by atoms with E-state index in [0.29, 0.717) is 24.7 Å². The molecule has 5 heteroatoms. The van der Waals surface area contributed by atoms with Gasteiger partial charge in [0, 0.05) is 19.0 Å². The summed E-state index contributed by atoms with van der Waals surface area (Å²) in [5.41, 5.74) is 3.49. The largest absolute Gasteiger partial charge is 0.419 e. The van der Waals surface area contributed by atoms with Gasteiger partial charge in [0.1, 0.15) is 0 Å². The topological polar surface area (TPSA) is 59.2 Å². The highest BCUT2D eigenvalue weighted by molar-refractivity contribution is 5.75. The minimum absolute atomic E-state index is 0.0789.